The first-order valence-electron chi connectivity index (χ1n) is 7.08. The van der Waals surface area contributed by atoms with Crippen molar-refractivity contribution in [3.8, 4) is 11.9 Å². The molecule has 0 spiro atoms. The number of hydrogen-bond donors (Lipinski definition) is 1. The number of amidine groups is 1. The standard InChI is InChI=1S/C16H15N3O3S/c1-16(2)8-12(19-5-6-23-15(19)18-9-17)11-7-10(14(20)21)3-4-13(11)22-16/h3-4,7-8H,5-6H2,1-2H3,(H,20,21). The van der Waals surface area contributed by atoms with Gasteiger partial charge in [0.15, 0.2) is 5.17 Å². The number of carbonyl (C=O) groups is 1. The number of rotatable bonds is 2. The molecule has 3 rings (SSSR count). The van der Waals surface area contributed by atoms with Gasteiger partial charge in [-0.1, -0.05) is 11.8 Å². The fourth-order valence-corrected chi connectivity index (χ4v) is 3.56. The van der Waals surface area contributed by atoms with E-state index in [4.69, 9.17) is 10.00 Å². The van der Waals surface area contributed by atoms with Crippen LogP contribution in [0.2, 0.25) is 0 Å². The van der Waals surface area contributed by atoms with Crippen molar-refractivity contribution < 1.29 is 14.6 Å². The van der Waals surface area contributed by atoms with Crippen molar-refractivity contribution in [2.45, 2.75) is 19.4 Å². The molecule has 1 aromatic carbocycles. The summed E-state index contributed by atoms with van der Waals surface area (Å²) in [4.78, 5) is 17.1. The fourth-order valence-electron chi connectivity index (χ4n) is 2.66. The highest BCUT2D eigenvalue weighted by molar-refractivity contribution is 8.14. The molecule has 1 fully saturated rings. The molecule has 0 aromatic heterocycles. The van der Waals surface area contributed by atoms with E-state index in [1.54, 1.807) is 12.1 Å². The van der Waals surface area contributed by atoms with Crippen LogP contribution in [0, 0.1) is 11.5 Å². The largest absolute Gasteiger partial charge is 0.483 e. The molecule has 1 N–H and O–H groups in total. The molecule has 0 amide bonds. The Kier molecular flexibility index (Phi) is 3.78. The number of nitriles is 1. The average Bonchev–Trinajstić information content (AvgIpc) is 2.93. The molecule has 0 aliphatic carbocycles. The Hall–Kier alpha value is -2.46. The van der Waals surface area contributed by atoms with Gasteiger partial charge in [0.25, 0.3) is 0 Å². The van der Waals surface area contributed by atoms with Crippen molar-refractivity contribution in [1.82, 2.24) is 4.90 Å². The topological polar surface area (TPSA) is 85.9 Å². The lowest BCUT2D eigenvalue weighted by Gasteiger charge is -2.34. The van der Waals surface area contributed by atoms with Crippen LogP contribution < -0.4 is 4.74 Å². The van der Waals surface area contributed by atoms with Gasteiger partial charge in [0.1, 0.15) is 11.4 Å². The zero-order valence-corrected chi connectivity index (χ0v) is 13.6. The number of nitrogens with zero attached hydrogens (tertiary/aromatic N) is 3. The first-order valence-corrected chi connectivity index (χ1v) is 8.06. The molecule has 0 unspecified atom stereocenters. The highest BCUT2D eigenvalue weighted by Gasteiger charge is 2.33. The number of carboxylic acids is 1. The first-order chi connectivity index (χ1) is 10.9. The SMILES string of the molecule is CC1(C)C=C(N2CCSC2=NC#N)c2cc(C(=O)O)ccc2O1. The molecule has 7 heteroatoms. The van der Waals surface area contributed by atoms with Gasteiger partial charge in [-0.05, 0) is 38.1 Å². The van der Waals surface area contributed by atoms with Crippen molar-refractivity contribution in [2.75, 3.05) is 12.3 Å². The average molecular weight is 329 g/mol. The second-order valence-corrected chi connectivity index (χ2v) is 6.81. The van der Waals surface area contributed by atoms with E-state index in [9.17, 15) is 9.90 Å². The molecule has 2 heterocycles. The van der Waals surface area contributed by atoms with Gasteiger partial charge in [0.2, 0.25) is 6.19 Å². The van der Waals surface area contributed by atoms with Gasteiger partial charge >= 0.3 is 5.97 Å². The van der Waals surface area contributed by atoms with Crippen LogP contribution in [0.3, 0.4) is 0 Å². The summed E-state index contributed by atoms with van der Waals surface area (Å²) in [5, 5.41) is 18.7. The number of carboxylic acid groups (broad SMARTS) is 1. The second kappa shape index (κ2) is 5.63. The van der Waals surface area contributed by atoms with Gasteiger partial charge in [-0.25, -0.2) is 4.79 Å². The Morgan fingerprint density at radius 1 is 1.52 bits per heavy atom. The molecule has 2 aliphatic rings. The zero-order chi connectivity index (χ0) is 16.6. The number of benzene rings is 1. The van der Waals surface area contributed by atoms with Crippen LogP contribution in [-0.2, 0) is 0 Å². The highest BCUT2D eigenvalue weighted by atomic mass is 32.2. The molecule has 2 aliphatic heterocycles. The van der Waals surface area contributed by atoms with Crippen molar-refractivity contribution in [2.24, 2.45) is 4.99 Å². The van der Waals surface area contributed by atoms with E-state index in [1.807, 2.05) is 31.0 Å². The number of aliphatic imine (C=N–C) groups is 1. The number of hydrogen-bond acceptors (Lipinski definition) is 5. The highest BCUT2D eigenvalue weighted by Crippen LogP contribution is 2.40. The van der Waals surface area contributed by atoms with Gasteiger partial charge in [-0.15, -0.1) is 4.99 Å². The molecular weight excluding hydrogens is 314 g/mol. The summed E-state index contributed by atoms with van der Waals surface area (Å²) in [6.07, 6.45) is 3.77. The van der Waals surface area contributed by atoms with E-state index in [1.165, 1.54) is 17.8 Å². The van der Waals surface area contributed by atoms with E-state index in [0.717, 1.165) is 11.4 Å². The Labute approximate surface area is 138 Å². The molecule has 118 valence electrons. The first kappa shape index (κ1) is 15.4. The third kappa shape index (κ3) is 2.90. The quantitative estimate of drug-likeness (QED) is 0.840. The maximum Gasteiger partial charge on any atom is 0.335 e. The second-order valence-electron chi connectivity index (χ2n) is 5.75. The summed E-state index contributed by atoms with van der Waals surface area (Å²) in [7, 11) is 0. The third-order valence-corrected chi connectivity index (χ3v) is 4.53. The molecule has 1 aromatic rings. The molecule has 6 nitrogen and oxygen atoms in total. The van der Waals surface area contributed by atoms with Crippen molar-refractivity contribution >= 4 is 28.6 Å². The van der Waals surface area contributed by atoms with Gasteiger partial charge in [-0.3, -0.25) is 0 Å². The van der Waals surface area contributed by atoms with Crippen LogP contribution in [0.15, 0.2) is 29.3 Å². The molecule has 0 radical (unpaired) electrons. The van der Waals surface area contributed by atoms with E-state index in [2.05, 4.69) is 4.99 Å². The Bertz CT molecular complexity index is 777. The Morgan fingerprint density at radius 2 is 2.30 bits per heavy atom. The van der Waals surface area contributed by atoms with Crippen LogP contribution in [0.5, 0.6) is 5.75 Å². The third-order valence-electron chi connectivity index (χ3n) is 3.57. The maximum atomic E-state index is 11.3. The van der Waals surface area contributed by atoms with Gasteiger partial charge in [-0.2, -0.15) is 5.26 Å². The van der Waals surface area contributed by atoms with Gasteiger partial charge in [0, 0.05) is 17.9 Å². The zero-order valence-electron chi connectivity index (χ0n) is 12.7. The number of ether oxygens (including phenoxy) is 1. The van der Waals surface area contributed by atoms with E-state index >= 15 is 0 Å². The minimum atomic E-state index is -0.987. The van der Waals surface area contributed by atoms with Crippen LogP contribution in [0.4, 0.5) is 0 Å². The fraction of sp³-hybridized carbons (Fsp3) is 0.312. The van der Waals surface area contributed by atoms with E-state index in [0.29, 0.717) is 23.0 Å². The van der Waals surface area contributed by atoms with Crippen LogP contribution in [-0.4, -0.2) is 39.0 Å². The number of fused-ring (bicyclic) bond motifs is 1. The molecular formula is C16H15N3O3S. The van der Waals surface area contributed by atoms with Gasteiger partial charge < -0.3 is 14.7 Å². The summed E-state index contributed by atoms with van der Waals surface area (Å²) in [5.74, 6) is 0.469. The van der Waals surface area contributed by atoms with E-state index in [-0.39, 0.29) is 5.56 Å². The lowest BCUT2D eigenvalue weighted by atomic mass is 9.97. The number of aromatic carboxylic acids is 1. The van der Waals surface area contributed by atoms with Crippen LogP contribution in [0.1, 0.15) is 29.8 Å². The minimum Gasteiger partial charge on any atom is -0.483 e. The Balaban J connectivity index is 2.13. The lowest BCUT2D eigenvalue weighted by Crippen LogP contribution is -2.34. The summed E-state index contributed by atoms with van der Waals surface area (Å²) >= 11 is 1.51. The van der Waals surface area contributed by atoms with Crippen molar-refractivity contribution in [3.63, 3.8) is 0 Å². The molecule has 0 saturated carbocycles. The molecule has 0 atom stereocenters. The predicted octanol–water partition coefficient (Wildman–Crippen LogP) is 2.78. The smallest absolute Gasteiger partial charge is 0.335 e. The summed E-state index contributed by atoms with van der Waals surface area (Å²) < 4.78 is 5.93. The predicted molar refractivity (Wildman–Crippen MR) is 88.3 cm³/mol. The molecule has 0 bridgehead atoms. The minimum absolute atomic E-state index is 0.198. The maximum absolute atomic E-state index is 11.3. The van der Waals surface area contributed by atoms with Crippen molar-refractivity contribution in [1.29, 1.82) is 5.26 Å². The summed E-state index contributed by atoms with van der Waals surface area (Å²) in [6, 6.07) is 4.81. The molecule has 1 saturated heterocycles. The lowest BCUT2D eigenvalue weighted by molar-refractivity contribution is 0.0696. The van der Waals surface area contributed by atoms with Crippen molar-refractivity contribution in [3.05, 3.63) is 35.4 Å². The molecule has 23 heavy (non-hydrogen) atoms. The normalized spacial score (nSPS) is 20.5. The van der Waals surface area contributed by atoms with Gasteiger partial charge in [0.05, 0.1) is 11.3 Å². The van der Waals surface area contributed by atoms with E-state index < -0.39 is 11.6 Å². The van der Waals surface area contributed by atoms with Crippen LogP contribution >= 0.6 is 11.8 Å². The monoisotopic (exact) mass is 329 g/mol. The van der Waals surface area contributed by atoms with Crippen LogP contribution in [0.25, 0.3) is 5.70 Å². The summed E-state index contributed by atoms with van der Waals surface area (Å²) in [5.41, 5.74) is 1.21. The summed E-state index contributed by atoms with van der Waals surface area (Å²) in [6.45, 7) is 4.58. The Morgan fingerprint density at radius 3 is 3.00 bits per heavy atom. The number of thioether (sulfide) groups is 1.